The number of hydrogen-bond acceptors (Lipinski definition) is 3. The van der Waals surface area contributed by atoms with Crippen LogP contribution in [0, 0.1) is 18.3 Å². The van der Waals surface area contributed by atoms with Gasteiger partial charge >= 0.3 is 0 Å². The SMILES string of the molecule is COCn1c(C)cc2c(C#N)ccnc21. The number of pyridine rings is 1. The van der Waals surface area contributed by atoms with Gasteiger partial charge in [0.25, 0.3) is 0 Å². The van der Waals surface area contributed by atoms with Crippen LogP contribution >= 0.6 is 0 Å². The number of hydrogen-bond donors (Lipinski definition) is 0. The molecule has 0 bridgehead atoms. The Kier molecular flexibility index (Phi) is 2.40. The molecule has 0 saturated carbocycles. The van der Waals surface area contributed by atoms with Gasteiger partial charge in [0.05, 0.1) is 11.6 Å². The number of methoxy groups -OCH3 is 1. The number of ether oxygens (including phenoxy) is 1. The van der Waals surface area contributed by atoms with E-state index in [0.29, 0.717) is 12.3 Å². The molecule has 15 heavy (non-hydrogen) atoms. The maximum atomic E-state index is 8.95. The maximum absolute atomic E-state index is 8.95. The summed E-state index contributed by atoms with van der Waals surface area (Å²) in [5, 5.41) is 9.83. The highest BCUT2D eigenvalue weighted by Gasteiger charge is 2.09. The largest absolute Gasteiger partial charge is 0.364 e. The lowest BCUT2D eigenvalue weighted by Gasteiger charge is -2.04. The lowest BCUT2D eigenvalue weighted by molar-refractivity contribution is 0.133. The van der Waals surface area contributed by atoms with E-state index in [9.17, 15) is 0 Å². The summed E-state index contributed by atoms with van der Waals surface area (Å²) in [6.07, 6.45) is 1.65. The van der Waals surface area contributed by atoms with Crippen molar-refractivity contribution in [3.63, 3.8) is 0 Å². The molecular formula is C11H11N3O. The molecule has 0 spiro atoms. The third-order valence-electron chi connectivity index (χ3n) is 2.38. The molecule has 0 radical (unpaired) electrons. The summed E-state index contributed by atoms with van der Waals surface area (Å²) in [6.45, 7) is 2.43. The Hall–Kier alpha value is -1.86. The first kappa shape index (κ1) is 9.69. The van der Waals surface area contributed by atoms with Crippen LogP contribution in [0.1, 0.15) is 11.3 Å². The topological polar surface area (TPSA) is 50.8 Å². The number of nitrogens with zero attached hydrogens (tertiary/aromatic N) is 3. The molecule has 0 saturated heterocycles. The van der Waals surface area contributed by atoms with Crippen LogP contribution in [0.2, 0.25) is 0 Å². The van der Waals surface area contributed by atoms with Crippen molar-refractivity contribution in [2.75, 3.05) is 7.11 Å². The van der Waals surface area contributed by atoms with E-state index < -0.39 is 0 Å². The second-order valence-electron chi connectivity index (χ2n) is 3.34. The Labute approximate surface area is 87.7 Å². The molecule has 0 fully saturated rings. The van der Waals surface area contributed by atoms with Crippen LogP contribution in [0.15, 0.2) is 18.3 Å². The van der Waals surface area contributed by atoms with Crippen LogP contribution in [0.4, 0.5) is 0 Å². The van der Waals surface area contributed by atoms with Crippen molar-refractivity contribution < 1.29 is 4.74 Å². The fourth-order valence-electron chi connectivity index (χ4n) is 1.66. The van der Waals surface area contributed by atoms with Crippen molar-refractivity contribution in [2.45, 2.75) is 13.7 Å². The van der Waals surface area contributed by atoms with Gasteiger partial charge in [0.1, 0.15) is 12.4 Å². The summed E-state index contributed by atoms with van der Waals surface area (Å²) in [4.78, 5) is 4.26. The Balaban J connectivity index is 2.74. The predicted octanol–water partition coefficient (Wildman–Crippen LogP) is 1.82. The number of rotatable bonds is 2. The van der Waals surface area contributed by atoms with E-state index in [1.165, 1.54) is 0 Å². The van der Waals surface area contributed by atoms with Crippen molar-refractivity contribution in [2.24, 2.45) is 0 Å². The standard InChI is InChI=1S/C11H11N3O/c1-8-5-10-9(6-12)3-4-13-11(10)14(8)7-15-2/h3-5H,7H2,1-2H3. The molecule has 0 aliphatic heterocycles. The molecule has 4 nitrogen and oxygen atoms in total. The molecule has 2 rings (SSSR count). The zero-order chi connectivity index (χ0) is 10.8. The van der Waals surface area contributed by atoms with Gasteiger partial charge in [0.15, 0.2) is 0 Å². The summed E-state index contributed by atoms with van der Waals surface area (Å²) in [6, 6.07) is 5.84. The van der Waals surface area contributed by atoms with Crippen molar-refractivity contribution >= 4 is 11.0 Å². The van der Waals surface area contributed by atoms with Gasteiger partial charge in [0, 0.05) is 24.4 Å². The van der Waals surface area contributed by atoms with Gasteiger partial charge in [-0.05, 0) is 19.1 Å². The van der Waals surface area contributed by atoms with Gasteiger partial charge in [0.2, 0.25) is 0 Å². The van der Waals surface area contributed by atoms with Crippen molar-refractivity contribution in [1.82, 2.24) is 9.55 Å². The van der Waals surface area contributed by atoms with Gasteiger partial charge in [-0.15, -0.1) is 0 Å². The summed E-state index contributed by atoms with van der Waals surface area (Å²) in [5.74, 6) is 0. The molecule has 2 aromatic heterocycles. The number of nitriles is 1. The smallest absolute Gasteiger partial charge is 0.143 e. The predicted molar refractivity (Wildman–Crippen MR) is 56.2 cm³/mol. The molecule has 0 aliphatic rings. The Morgan fingerprint density at radius 2 is 2.40 bits per heavy atom. The van der Waals surface area contributed by atoms with Gasteiger partial charge in [-0.3, -0.25) is 0 Å². The average molecular weight is 201 g/mol. The van der Waals surface area contributed by atoms with Crippen molar-refractivity contribution in [3.8, 4) is 6.07 Å². The third kappa shape index (κ3) is 1.47. The number of aryl methyl sites for hydroxylation is 1. The normalized spacial score (nSPS) is 10.5. The Morgan fingerprint density at radius 1 is 1.60 bits per heavy atom. The fourth-order valence-corrected chi connectivity index (χ4v) is 1.66. The Bertz CT molecular complexity index is 536. The zero-order valence-corrected chi connectivity index (χ0v) is 8.69. The first-order valence-corrected chi connectivity index (χ1v) is 4.62. The zero-order valence-electron chi connectivity index (χ0n) is 8.69. The molecule has 0 aromatic carbocycles. The van der Waals surface area contributed by atoms with Gasteiger partial charge in [-0.25, -0.2) is 4.98 Å². The molecule has 0 amide bonds. The highest BCUT2D eigenvalue weighted by molar-refractivity contribution is 5.83. The number of aromatic nitrogens is 2. The minimum atomic E-state index is 0.456. The van der Waals surface area contributed by atoms with E-state index in [1.54, 1.807) is 19.4 Å². The molecular weight excluding hydrogens is 190 g/mol. The Morgan fingerprint density at radius 3 is 3.07 bits per heavy atom. The van der Waals surface area contributed by atoms with E-state index in [1.807, 2.05) is 17.6 Å². The maximum Gasteiger partial charge on any atom is 0.143 e. The third-order valence-corrected chi connectivity index (χ3v) is 2.38. The fraction of sp³-hybridized carbons (Fsp3) is 0.273. The average Bonchev–Trinajstić information content (AvgIpc) is 2.56. The van der Waals surface area contributed by atoms with Crippen molar-refractivity contribution in [1.29, 1.82) is 5.26 Å². The first-order valence-electron chi connectivity index (χ1n) is 4.62. The quantitative estimate of drug-likeness (QED) is 0.744. The minimum absolute atomic E-state index is 0.456. The van der Waals surface area contributed by atoms with Gasteiger partial charge in [-0.2, -0.15) is 5.26 Å². The van der Waals surface area contributed by atoms with E-state index >= 15 is 0 Å². The molecule has 0 unspecified atom stereocenters. The molecule has 76 valence electrons. The van der Waals surface area contributed by atoms with Crippen LogP contribution in [-0.2, 0) is 11.5 Å². The van der Waals surface area contributed by atoms with Crippen LogP contribution in [0.25, 0.3) is 11.0 Å². The summed E-state index contributed by atoms with van der Waals surface area (Å²) in [7, 11) is 1.64. The van der Waals surface area contributed by atoms with Crippen LogP contribution in [-0.4, -0.2) is 16.7 Å². The summed E-state index contributed by atoms with van der Waals surface area (Å²) >= 11 is 0. The molecule has 2 heterocycles. The lowest BCUT2D eigenvalue weighted by Crippen LogP contribution is -2.02. The minimum Gasteiger partial charge on any atom is -0.364 e. The first-order chi connectivity index (χ1) is 7.27. The summed E-state index contributed by atoms with van der Waals surface area (Å²) in [5.41, 5.74) is 2.49. The lowest BCUT2D eigenvalue weighted by atomic mass is 10.2. The molecule has 4 heteroatoms. The van der Waals surface area contributed by atoms with Crippen LogP contribution in [0.3, 0.4) is 0 Å². The van der Waals surface area contributed by atoms with Crippen LogP contribution in [0.5, 0.6) is 0 Å². The molecule has 0 N–H and O–H groups in total. The molecule has 0 atom stereocenters. The molecule has 2 aromatic rings. The van der Waals surface area contributed by atoms with E-state index in [2.05, 4.69) is 11.1 Å². The monoisotopic (exact) mass is 201 g/mol. The van der Waals surface area contributed by atoms with E-state index in [0.717, 1.165) is 16.7 Å². The van der Waals surface area contributed by atoms with Crippen LogP contribution < -0.4 is 0 Å². The second kappa shape index (κ2) is 3.71. The highest BCUT2D eigenvalue weighted by Crippen LogP contribution is 2.20. The second-order valence-corrected chi connectivity index (χ2v) is 3.34. The highest BCUT2D eigenvalue weighted by atomic mass is 16.5. The van der Waals surface area contributed by atoms with Gasteiger partial charge < -0.3 is 9.30 Å². The molecule has 0 aliphatic carbocycles. The van der Waals surface area contributed by atoms with E-state index in [4.69, 9.17) is 10.00 Å². The number of fused-ring (bicyclic) bond motifs is 1. The van der Waals surface area contributed by atoms with E-state index in [-0.39, 0.29) is 0 Å². The summed E-state index contributed by atoms with van der Waals surface area (Å²) < 4.78 is 7.03. The van der Waals surface area contributed by atoms with Crippen molar-refractivity contribution in [3.05, 3.63) is 29.6 Å². The van der Waals surface area contributed by atoms with Gasteiger partial charge in [-0.1, -0.05) is 0 Å².